The van der Waals surface area contributed by atoms with Crippen molar-refractivity contribution < 1.29 is 17.9 Å². The van der Waals surface area contributed by atoms with E-state index in [1.807, 2.05) is 13.0 Å². The molecular formula is C16H16F3NO. The second-order valence-electron chi connectivity index (χ2n) is 4.64. The van der Waals surface area contributed by atoms with Crippen LogP contribution < -0.4 is 10.5 Å². The quantitative estimate of drug-likeness (QED) is 0.827. The van der Waals surface area contributed by atoms with Gasteiger partial charge in [-0.1, -0.05) is 31.2 Å². The molecule has 0 saturated carbocycles. The van der Waals surface area contributed by atoms with E-state index in [-0.39, 0.29) is 5.69 Å². The maximum Gasteiger partial charge on any atom is 0.416 e. The zero-order valence-corrected chi connectivity index (χ0v) is 11.6. The molecule has 0 aliphatic carbocycles. The molecule has 2 aromatic carbocycles. The highest BCUT2D eigenvalue weighted by atomic mass is 19.4. The predicted octanol–water partition coefficient (Wildman–Crippen LogP) is 4.74. The summed E-state index contributed by atoms with van der Waals surface area (Å²) in [7, 11) is 0. The van der Waals surface area contributed by atoms with E-state index in [9.17, 15) is 13.2 Å². The Bertz CT molecular complexity index is 623. The van der Waals surface area contributed by atoms with Gasteiger partial charge in [-0.25, -0.2) is 0 Å². The van der Waals surface area contributed by atoms with E-state index in [2.05, 4.69) is 0 Å². The van der Waals surface area contributed by atoms with Crippen molar-refractivity contribution >= 4 is 5.69 Å². The molecule has 2 N–H and O–H groups in total. The maximum absolute atomic E-state index is 12.7. The van der Waals surface area contributed by atoms with Crippen molar-refractivity contribution in [3.8, 4) is 16.9 Å². The number of alkyl halides is 3. The molecule has 21 heavy (non-hydrogen) atoms. The number of nitrogens with two attached hydrogens (primary N) is 1. The number of nitrogen functional groups attached to an aromatic ring is 1. The molecule has 0 heterocycles. The van der Waals surface area contributed by atoms with E-state index < -0.39 is 11.7 Å². The fraction of sp³-hybridized carbons (Fsp3) is 0.250. The van der Waals surface area contributed by atoms with Crippen molar-refractivity contribution in [1.29, 1.82) is 0 Å². The van der Waals surface area contributed by atoms with Crippen LogP contribution in [0.25, 0.3) is 11.1 Å². The molecule has 0 aliphatic heterocycles. The Morgan fingerprint density at radius 3 is 2.38 bits per heavy atom. The molecule has 2 rings (SSSR count). The first-order valence-corrected chi connectivity index (χ1v) is 6.62. The summed E-state index contributed by atoms with van der Waals surface area (Å²) in [4.78, 5) is 0. The van der Waals surface area contributed by atoms with Crippen LogP contribution in [0.3, 0.4) is 0 Å². The van der Waals surface area contributed by atoms with Crippen molar-refractivity contribution in [2.45, 2.75) is 19.5 Å². The summed E-state index contributed by atoms with van der Waals surface area (Å²) in [5.41, 5.74) is 6.35. The Kier molecular flexibility index (Phi) is 4.40. The fourth-order valence-corrected chi connectivity index (χ4v) is 2.01. The zero-order valence-electron chi connectivity index (χ0n) is 11.6. The molecule has 2 nitrogen and oxygen atoms in total. The maximum atomic E-state index is 12.7. The summed E-state index contributed by atoms with van der Waals surface area (Å²) in [6, 6.07) is 10.5. The van der Waals surface area contributed by atoms with Crippen molar-refractivity contribution in [1.82, 2.24) is 0 Å². The second kappa shape index (κ2) is 6.08. The van der Waals surface area contributed by atoms with Crippen LogP contribution in [-0.2, 0) is 6.18 Å². The zero-order chi connectivity index (χ0) is 15.5. The van der Waals surface area contributed by atoms with E-state index in [1.165, 1.54) is 6.07 Å². The SMILES string of the molecule is CCCOc1ccccc1-c1ccc(C(F)(F)F)cc1N. The first kappa shape index (κ1) is 15.2. The first-order valence-electron chi connectivity index (χ1n) is 6.62. The van der Waals surface area contributed by atoms with E-state index in [0.29, 0.717) is 23.5 Å². The van der Waals surface area contributed by atoms with Gasteiger partial charge in [-0.3, -0.25) is 0 Å². The van der Waals surface area contributed by atoms with Crippen molar-refractivity contribution in [3.63, 3.8) is 0 Å². The van der Waals surface area contributed by atoms with Crippen LogP contribution in [0.4, 0.5) is 18.9 Å². The van der Waals surface area contributed by atoms with Crippen LogP contribution >= 0.6 is 0 Å². The Labute approximate surface area is 121 Å². The van der Waals surface area contributed by atoms with Crippen LogP contribution in [0.5, 0.6) is 5.75 Å². The molecule has 0 spiro atoms. The van der Waals surface area contributed by atoms with Gasteiger partial charge in [0.05, 0.1) is 12.2 Å². The third kappa shape index (κ3) is 3.48. The lowest BCUT2D eigenvalue weighted by Gasteiger charge is -2.14. The number of hydrogen-bond donors (Lipinski definition) is 1. The van der Waals surface area contributed by atoms with Crippen LogP contribution in [0.15, 0.2) is 42.5 Å². The highest BCUT2D eigenvalue weighted by Gasteiger charge is 2.31. The van der Waals surface area contributed by atoms with Gasteiger partial charge >= 0.3 is 6.18 Å². The summed E-state index contributed by atoms with van der Waals surface area (Å²) < 4.78 is 43.6. The summed E-state index contributed by atoms with van der Waals surface area (Å²) >= 11 is 0. The predicted molar refractivity (Wildman–Crippen MR) is 77.1 cm³/mol. The Balaban J connectivity index is 2.43. The van der Waals surface area contributed by atoms with Gasteiger partial charge < -0.3 is 10.5 Å². The molecule has 0 aliphatic rings. The highest BCUT2D eigenvalue weighted by Crippen LogP contribution is 2.37. The first-order chi connectivity index (χ1) is 9.93. The number of rotatable bonds is 4. The molecule has 0 atom stereocenters. The van der Waals surface area contributed by atoms with Gasteiger partial charge in [-0.15, -0.1) is 0 Å². The molecular weight excluding hydrogens is 279 g/mol. The van der Waals surface area contributed by atoms with E-state index >= 15 is 0 Å². The molecule has 0 radical (unpaired) electrons. The van der Waals surface area contributed by atoms with Crippen LogP contribution in [0.1, 0.15) is 18.9 Å². The van der Waals surface area contributed by atoms with Crippen molar-refractivity contribution in [2.75, 3.05) is 12.3 Å². The molecule has 5 heteroatoms. The summed E-state index contributed by atoms with van der Waals surface area (Å²) in [6.07, 6.45) is -3.55. The summed E-state index contributed by atoms with van der Waals surface area (Å²) in [5.74, 6) is 0.616. The minimum absolute atomic E-state index is 0.0809. The largest absolute Gasteiger partial charge is 0.493 e. The highest BCUT2D eigenvalue weighted by molar-refractivity contribution is 5.80. The lowest BCUT2D eigenvalue weighted by Crippen LogP contribution is -2.06. The van der Waals surface area contributed by atoms with E-state index in [0.717, 1.165) is 18.6 Å². The second-order valence-corrected chi connectivity index (χ2v) is 4.64. The van der Waals surface area contributed by atoms with E-state index in [1.54, 1.807) is 18.2 Å². The van der Waals surface area contributed by atoms with Gasteiger partial charge in [0.15, 0.2) is 0 Å². The summed E-state index contributed by atoms with van der Waals surface area (Å²) in [6.45, 7) is 2.52. The Hall–Kier alpha value is -2.17. The van der Waals surface area contributed by atoms with Gasteiger partial charge in [0, 0.05) is 16.8 Å². The smallest absolute Gasteiger partial charge is 0.416 e. The minimum Gasteiger partial charge on any atom is -0.493 e. The molecule has 0 bridgehead atoms. The third-order valence-electron chi connectivity index (χ3n) is 3.02. The fourth-order valence-electron chi connectivity index (χ4n) is 2.01. The van der Waals surface area contributed by atoms with Gasteiger partial charge in [0.2, 0.25) is 0 Å². The van der Waals surface area contributed by atoms with Gasteiger partial charge in [0.25, 0.3) is 0 Å². The van der Waals surface area contributed by atoms with Gasteiger partial charge in [0.1, 0.15) is 5.75 Å². The Morgan fingerprint density at radius 1 is 1.05 bits per heavy atom. The number of para-hydroxylation sites is 1. The average molecular weight is 295 g/mol. The molecule has 0 saturated heterocycles. The monoisotopic (exact) mass is 295 g/mol. The summed E-state index contributed by atoms with van der Waals surface area (Å²) in [5, 5.41) is 0. The molecule has 0 fully saturated rings. The standard InChI is InChI=1S/C16H16F3NO/c1-2-9-21-15-6-4-3-5-13(15)12-8-7-11(10-14(12)20)16(17,18)19/h3-8,10H,2,9,20H2,1H3. The number of hydrogen-bond acceptors (Lipinski definition) is 2. The molecule has 0 amide bonds. The van der Waals surface area contributed by atoms with Crippen LogP contribution in [0.2, 0.25) is 0 Å². The molecule has 2 aromatic rings. The van der Waals surface area contributed by atoms with Crippen LogP contribution in [0, 0.1) is 0 Å². The normalized spacial score (nSPS) is 11.4. The number of halogens is 3. The minimum atomic E-state index is -4.40. The lowest BCUT2D eigenvalue weighted by molar-refractivity contribution is -0.137. The van der Waals surface area contributed by atoms with Crippen LogP contribution in [-0.4, -0.2) is 6.61 Å². The van der Waals surface area contributed by atoms with Gasteiger partial charge in [-0.2, -0.15) is 13.2 Å². The molecule has 0 aromatic heterocycles. The Morgan fingerprint density at radius 2 is 1.76 bits per heavy atom. The number of ether oxygens (including phenoxy) is 1. The average Bonchev–Trinajstić information content (AvgIpc) is 2.44. The van der Waals surface area contributed by atoms with E-state index in [4.69, 9.17) is 10.5 Å². The number of benzene rings is 2. The lowest BCUT2D eigenvalue weighted by atomic mass is 10.0. The number of anilines is 1. The van der Waals surface area contributed by atoms with Crippen molar-refractivity contribution in [2.24, 2.45) is 0 Å². The third-order valence-corrected chi connectivity index (χ3v) is 3.02. The van der Waals surface area contributed by atoms with Gasteiger partial charge in [-0.05, 0) is 24.6 Å². The van der Waals surface area contributed by atoms with Crippen molar-refractivity contribution in [3.05, 3.63) is 48.0 Å². The molecule has 0 unspecified atom stereocenters. The topological polar surface area (TPSA) is 35.2 Å². The molecule has 112 valence electrons.